The number of esters is 1. The predicted octanol–water partition coefficient (Wildman–Crippen LogP) is 1.83. The average molecular weight is 355 g/mol. The number of nitrogens with one attached hydrogen (secondary N) is 1. The molecule has 1 aliphatic rings. The number of amides is 1. The summed E-state index contributed by atoms with van der Waals surface area (Å²) in [5, 5.41) is 6.90. The van der Waals surface area contributed by atoms with Gasteiger partial charge in [-0.1, -0.05) is 37.3 Å². The Labute approximate surface area is 151 Å². The molecule has 1 heterocycles. The fraction of sp³-hybridized carbons (Fsp3) is 0.368. The van der Waals surface area contributed by atoms with Crippen LogP contribution in [0.15, 0.2) is 47.3 Å². The van der Waals surface area contributed by atoms with Crippen LogP contribution >= 0.6 is 0 Å². The summed E-state index contributed by atoms with van der Waals surface area (Å²) in [6.07, 6.45) is 1.52. The summed E-state index contributed by atoms with van der Waals surface area (Å²) in [5.41, 5.74) is 0.300. The lowest BCUT2D eigenvalue weighted by Gasteiger charge is -2.18. The Morgan fingerprint density at radius 2 is 1.96 bits per heavy atom. The quantitative estimate of drug-likeness (QED) is 0.765. The molecule has 0 bridgehead atoms. The van der Waals surface area contributed by atoms with Crippen LogP contribution in [0, 0.1) is 0 Å². The van der Waals surface area contributed by atoms with Crippen LogP contribution in [-0.2, 0) is 16.1 Å². The SMILES string of the molecule is CCCn1nc(C(=O)OC(C(=O)NC2CC2)c2ccccc2)ccc1=O. The fourth-order valence-electron chi connectivity index (χ4n) is 2.50. The van der Waals surface area contributed by atoms with E-state index in [-0.39, 0.29) is 23.2 Å². The Kier molecular flexibility index (Phi) is 5.46. The van der Waals surface area contributed by atoms with Gasteiger partial charge in [-0.15, -0.1) is 0 Å². The number of hydrogen-bond donors (Lipinski definition) is 1. The molecule has 1 aliphatic carbocycles. The predicted molar refractivity (Wildman–Crippen MR) is 94.6 cm³/mol. The smallest absolute Gasteiger partial charge is 0.359 e. The molecule has 7 nitrogen and oxygen atoms in total. The molecular weight excluding hydrogens is 334 g/mol. The first-order chi connectivity index (χ1) is 12.6. The molecule has 1 aromatic carbocycles. The van der Waals surface area contributed by atoms with Crippen molar-refractivity contribution in [2.24, 2.45) is 0 Å². The van der Waals surface area contributed by atoms with E-state index >= 15 is 0 Å². The number of carbonyl (C=O) groups excluding carboxylic acids is 2. The molecule has 1 fully saturated rings. The van der Waals surface area contributed by atoms with Crippen molar-refractivity contribution in [2.45, 2.75) is 44.9 Å². The van der Waals surface area contributed by atoms with E-state index in [0.717, 1.165) is 12.8 Å². The molecule has 1 unspecified atom stereocenters. The molecule has 1 saturated carbocycles. The van der Waals surface area contributed by atoms with Crippen molar-refractivity contribution < 1.29 is 14.3 Å². The maximum atomic E-state index is 12.5. The van der Waals surface area contributed by atoms with Gasteiger partial charge in [0.05, 0.1) is 0 Å². The van der Waals surface area contributed by atoms with Gasteiger partial charge in [-0.2, -0.15) is 5.10 Å². The molecule has 1 amide bonds. The third-order valence-electron chi connectivity index (χ3n) is 4.00. The molecule has 26 heavy (non-hydrogen) atoms. The molecule has 1 N–H and O–H groups in total. The zero-order valence-corrected chi connectivity index (χ0v) is 14.6. The Morgan fingerprint density at radius 3 is 2.62 bits per heavy atom. The summed E-state index contributed by atoms with van der Waals surface area (Å²) in [7, 11) is 0. The van der Waals surface area contributed by atoms with Crippen LogP contribution in [-0.4, -0.2) is 27.7 Å². The van der Waals surface area contributed by atoms with Crippen molar-refractivity contribution in [3.05, 3.63) is 64.1 Å². The van der Waals surface area contributed by atoms with Gasteiger partial charge in [0.25, 0.3) is 11.5 Å². The second kappa shape index (κ2) is 7.95. The second-order valence-corrected chi connectivity index (χ2v) is 6.26. The monoisotopic (exact) mass is 355 g/mol. The number of nitrogens with zero attached hydrogens (tertiary/aromatic N) is 2. The van der Waals surface area contributed by atoms with Gasteiger partial charge in [0, 0.05) is 24.2 Å². The highest BCUT2D eigenvalue weighted by Gasteiger charge is 2.31. The van der Waals surface area contributed by atoms with E-state index in [1.807, 2.05) is 13.0 Å². The Hall–Kier alpha value is -2.96. The van der Waals surface area contributed by atoms with E-state index in [4.69, 9.17) is 4.74 Å². The van der Waals surface area contributed by atoms with E-state index in [1.165, 1.54) is 16.8 Å². The first-order valence-corrected chi connectivity index (χ1v) is 8.73. The Balaban J connectivity index is 1.81. The van der Waals surface area contributed by atoms with Gasteiger partial charge in [-0.3, -0.25) is 9.59 Å². The van der Waals surface area contributed by atoms with E-state index < -0.39 is 12.1 Å². The van der Waals surface area contributed by atoms with Crippen molar-refractivity contribution in [1.29, 1.82) is 0 Å². The highest BCUT2D eigenvalue weighted by atomic mass is 16.5. The van der Waals surface area contributed by atoms with E-state index in [0.29, 0.717) is 18.5 Å². The lowest BCUT2D eigenvalue weighted by atomic mass is 10.1. The number of aromatic nitrogens is 2. The van der Waals surface area contributed by atoms with Crippen LogP contribution in [0.25, 0.3) is 0 Å². The molecule has 1 atom stereocenters. The van der Waals surface area contributed by atoms with Gasteiger partial charge in [0.1, 0.15) is 0 Å². The number of aryl methyl sites for hydroxylation is 1. The number of benzene rings is 1. The van der Waals surface area contributed by atoms with Crippen LogP contribution in [0.5, 0.6) is 0 Å². The lowest BCUT2D eigenvalue weighted by molar-refractivity contribution is -0.130. The van der Waals surface area contributed by atoms with Gasteiger partial charge in [0.15, 0.2) is 5.69 Å². The van der Waals surface area contributed by atoms with Gasteiger partial charge in [0.2, 0.25) is 6.10 Å². The van der Waals surface area contributed by atoms with E-state index in [1.54, 1.807) is 24.3 Å². The Morgan fingerprint density at radius 1 is 1.23 bits per heavy atom. The van der Waals surface area contributed by atoms with Crippen LogP contribution in [0.3, 0.4) is 0 Å². The van der Waals surface area contributed by atoms with Gasteiger partial charge >= 0.3 is 5.97 Å². The first-order valence-electron chi connectivity index (χ1n) is 8.73. The van der Waals surface area contributed by atoms with Gasteiger partial charge in [-0.05, 0) is 25.3 Å². The summed E-state index contributed by atoms with van der Waals surface area (Å²) in [4.78, 5) is 36.8. The largest absolute Gasteiger partial charge is 0.443 e. The van der Waals surface area contributed by atoms with Crippen molar-refractivity contribution >= 4 is 11.9 Å². The highest BCUT2D eigenvalue weighted by molar-refractivity contribution is 5.91. The number of rotatable bonds is 7. The van der Waals surface area contributed by atoms with Crippen molar-refractivity contribution in [3.8, 4) is 0 Å². The molecule has 0 saturated heterocycles. The molecule has 0 spiro atoms. The summed E-state index contributed by atoms with van der Waals surface area (Å²) in [6, 6.07) is 11.6. The molecule has 7 heteroatoms. The normalized spacial score (nSPS) is 14.5. The minimum absolute atomic E-state index is 0.00166. The number of ether oxygens (including phenoxy) is 1. The number of carbonyl (C=O) groups is 2. The summed E-state index contributed by atoms with van der Waals surface area (Å²) in [5.74, 6) is -1.09. The minimum atomic E-state index is -1.06. The maximum absolute atomic E-state index is 12.5. The second-order valence-electron chi connectivity index (χ2n) is 6.26. The zero-order valence-electron chi connectivity index (χ0n) is 14.6. The standard InChI is InChI=1S/C19H21N3O4/c1-2-12-22-16(23)11-10-15(21-22)19(25)26-17(13-6-4-3-5-7-13)18(24)20-14-8-9-14/h3-7,10-11,14,17H,2,8-9,12H2,1H3,(H,20,24). The van der Waals surface area contributed by atoms with Crippen LogP contribution in [0.1, 0.15) is 48.3 Å². The van der Waals surface area contributed by atoms with Crippen molar-refractivity contribution in [1.82, 2.24) is 15.1 Å². The molecule has 136 valence electrons. The third-order valence-corrected chi connectivity index (χ3v) is 4.00. The molecule has 3 rings (SSSR count). The summed E-state index contributed by atoms with van der Waals surface area (Å²) in [6.45, 7) is 2.32. The topological polar surface area (TPSA) is 90.3 Å². The van der Waals surface area contributed by atoms with Gasteiger partial charge < -0.3 is 10.1 Å². The molecule has 0 radical (unpaired) electrons. The van der Waals surface area contributed by atoms with Crippen LogP contribution in [0.2, 0.25) is 0 Å². The average Bonchev–Trinajstić information content (AvgIpc) is 3.46. The van der Waals surface area contributed by atoms with Crippen molar-refractivity contribution in [3.63, 3.8) is 0 Å². The van der Waals surface area contributed by atoms with Crippen LogP contribution in [0.4, 0.5) is 0 Å². The minimum Gasteiger partial charge on any atom is -0.443 e. The maximum Gasteiger partial charge on any atom is 0.359 e. The third kappa shape index (κ3) is 4.36. The molecular formula is C19H21N3O4. The van der Waals surface area contributed by atoms with Gasteiger partial charge in [-0.25, -0.2) is 9.48 Å². The highest BCUT2D eigenvalue weighted by Crippen LogP contribution is 2.23. The zero-order chi connectivity index (χ0) is 18.5. The molecule has 1 aromatic heterocycles. The van der Waals surface area contributed by atoms with Crippen molar-refractivity contribution in [2.75, 3.05) is 0 Å². The van der Waals surface area contributed by atoms with Crippen LogP contribution < -0.4 is 10.9 Å². The fourth-order valence-corrected chi connectivity index (χ4v) is 2.50. The molecule has 2 aromatic rings. The summed E-state index contributed by atoms with van der Waals surface area (Å²) < 4.78 is 6.68. The summed E-state index contributed by atoms with van der Waals surface area (Å²) >= 11 is 0. The number of hydrogen-bond acceptors (Lipinski definition) is 5. The van der Waals surface area contributed by atoms with E-state index in [2.05, 4.69) is 10.4 Å². The van der Waals surface area contributed by atoms with E-state index in [9.17, 15) is 14.4 Å². The lowest BCUT2D eigenvalue weighted by Crippen LogP contribution is -2.34. The molecule has 0 aliphatic heterocycles. The first kappa shape index (κ1) is 17.8. The Bertz CT molecular complexity index is 843.